The minimum Gasteiger partial charge on any atom is -0.376 e. The molecular weight excluding hydrogens is 878 g/mol. The van der Waals surface area contributed by atoms with E-state index in [-0.39, 0.29) is 6.85 Å². The molecule has 2 aliphatic heterocycles. The van der Waals surface area contributed by atoms with Crippen LogP contribution in [0, 0.1) is 0 Å². The molecule has 71 heavy (non-hydrogen) atoms. The Bertz CT molecular complexity index is 3910. The monoisotopic (exact) mass is 921 g/mol. The molecule has 0 bridgehead atoms. The average Bonchev–Trinajstić information content (AvgIpc) is 3.83. The topological polar surface area (TPSA) is 9.72 Å². The Hall–Kier alpha value is -8.90. The molecule has 0 amide bonds. The molecule has 1 aromatic heterocycles. The van der Waals surface area contributed by atoms with Gasteiger partial charge in [-0.1, -0.05) is 188 Å². The van der Waals surface area contributed by atoms with Crippen molar-refractivity contribution in [3.05, 3.63) is 267 Å². The van der Waals surface area contributed by atoms with E-state index in [1.165, 1.54) is 87.0 Å². The Kier molecular flexibility index (Phi) is 9.82. The van der Waals surface area contributed by atoms with Crippen LogP contribution in [0.3, 0.4) is 0 Å². The third-order valence-corrected chi connectivity index (χ3v) is 15.5. The Morgan fingerprint density at radius 1 is 0.352 bits per heavy atom. The Labute approximate surface area is 418 Å². The Morgan fingerprint density at radius 3 is 1.52 bits per heavy atom. The van der Waals surface area contributed by atoms with Gasteiger partial charge in [0.2, 0.25) is 0 Å². The zero-order chi connectivity index (χ0) is 46.8. The number of benzene rings is 11. The van der Waals surface area contributed by atoms with Gasteiger partial charge in [0.15, 0.2) is 0 Å². The zero-order valence-corrected chi connectivity index (χ0v) is 39.5. The highest BCUT2D eigenvalue weighted by Crippen LogP contribution is 2.53. The summed E-state index contributed by atoms with van der Waals surface area (Å²) < 4.78 is 2.55. The van der Waals surface area contributed by atoms with E-state index in [2.05, 4.69) is 282 Å². The summed E-state index contributed by atoms with van der Waals surface area (Å²) in [6, 6.07) is 98.2. The molecule has 3 heterocycles. The van der Waals surface area contributed by atoms with Gasteiger partial charge in [0.25, 0.3) is 0 Å². The summed E-state index contributed by atoms with van der Waals surface area (Å²) in [6.07, 6.45) is 0. The molecule has 0 radical (unpaired) electrons. The van der Waals surface area contributed by atoms with Crippen molar-refractivity contribution >= 4 is 94.8 Å². The fourth-order valence-electron chi connectivity index (χ4n) is 11.2. The van der Waals surface area contributed by atoms with E-state index in [4.69, 9.17) is 0 Å². The second kappa shape index (κ2) is 17.0. The summed E-state index contributed by atoms with van der Waals surface area (Å²) in [6.45, 7) is -0.202. The van der Waals surface area contributed by atoms with Gasteiger partial charge in [-0.25, -0.2) is 0 Å². The first-order valence-electron chi connectivity index (χ1n) is 24.4. The largest absolute Gasteiger partial charge is 0.376 e. The quantitative estimate of drug-likeness (QED) is 0.141. The fraction of sp³-hybridized carbons (Fsp3) is 0. The molecule has 0 fully saturated rings. The van der Waals surface area contributed by atoms with Crippen molar-refractivity contribution in [1.29, 1.82) is 0 Å². The van der Waals surface area contributed by atoms with Crippen LogP contribution >= 0.6 is 11.3 Å². The van der Waals surface area contributed by atoms with Gasteiger partial charge >= 0.3 is 6.85 Å². The van der Waals surface area contributed by atoms with Crippen molar-refractivity contribution < 1.29 is 0 Å². The number of fused-ring (bicyclic) bond motifs is 8. The summed E-state index contributed by atoms with van der Waals surface area (Å²) in [4.78, 5) is 7.65. The summed E-state index contributed by atoms with van der Waals surface area (Å²) in [5, 5.41) is 2.56. The van der Waals surface area contributed by atoms with Gasteiger partial charge in [-0.3, -0.25) is 0 Å². The maximum Gasteiger partial charge on any atom is 0.333 e. The van der Waals surface area contributed by atoms with E-state index in [0.717, 1.165) is 34.1 Å². The molecule has 0 spiro atoms. The molecule has 0 unspecified atom stereocenters. The van der Waals surface area contributed by atoms with Crippen LogP contribution in [-0.2, 0) is 0 Å². The maximum absolute atomic E-state index is 2.66. The molecule has 0 saturated carbocycles. The molecular formula is C66H44BN3S. The summed E-state index contributed by atoms with van der Waals surface area (Å²) in [5.41, 5.74) is 21.2. The average molecular weight is 922 g/mol. The molecule has 0 aliphatic carbocycles. The molecule has 0 saturated heterocycles. The smallest absolute Gasteiger partial charge is 0.333 e. The van der Waals surface area contributed by atoms with Gasteiger partial charge in [-0.15, -0.1) is 11.3 Å². The summed E-state index contributed by atoms with van der Waals surface area (Å²) in [7, 11) is 0. The van der Waals surface area contributed by atoms with Crippen LogP contribution in [0.25, 0.3) is 64.7 Å². The minimum atomic E-state index is -0.202. The second-order valence-electron chi connectivity index (χ2n) is 18.4. The lowest BCUT2D eigenvalue weighted by Gasteiger charge is -2.46. The van der Waals surface area contributed by atoms with Crippen molar-refractivity contribution in [3.8, 4) is 44.5 Å². The van der Waals surface area contributed by atoms with Gasteiger partial charge in [-0.2, -0.15) is 0 Å². The predicted octanol–water partition coefficient (Wildman–Crippen LogP) is 17.2. The predicted molar refractivity (Wildman–Crippen MR) is 304 cm³/mol. The lowest BCUT2D eigenvalue weighted by Crippen LogP contribution is -2.61. The van der Waals surface area contributed by atoms with Gasteiger partial charge in [-0.05, 0) is 129 Å². The van der Waals surface area contributed by atoms with Crippen molar-refractivity contribution in [2.45, 2.75) is 0 Å². The first-order valence-corrected chi connectivity index (χ1v) is 25.2. The van der Waals surface area contributed by atoms with E-state index in [9.17, 15) is 0 Å². The zero-order valence-electron chi connectivity index (χ0n) is 38.7. The van der Waals surface area contributed by atoms with E-state index in [0.29, 0.717) is 0 Å². The number of hydrogen-bond acceptors (Lipinski definition) is 4. The van der Waals surface area contributed by atoms with Gasteiger partial charge in [0, 0.05) is 65.5 Å². The van der Waals surface area contributed by atoms with Crippen molar-refractivity contribution in [3.63, 3.8) is 0 Å². The van der Waals surface area contributed by atoms with Crippen molar-refractivity contribution in [1.82, 2.24) is 0 Å². The van der Waals surface area contributed by atoms with E-state index in [1.54, 1.807) is 0 Å². The highest BCUT2D eigenvalue weighted by atomic mass is 32.1. The van der Waals surface area contributed by atoms with Crippen LogP contribution < -0.4 is 25.5 Å². The first kappa shape index (κ1) is 41.1. The third-order valence-electron chi connectivity index (χ3n) is 14.4. The molecule has 12 aromatic rings. The minimum absolute atomic E-state index is 0.202. The lowest BCUT2D eigenvalue weighted by molar-refractivity contribution is 1.26. The van der Waals surface area contributed by atoms with Crippen LogP contribution in [0.2, 0.25) is 0 Å². The Morgan fingerprint density at radius 2 is 0.887 bits per heavy atom. The van der Waals surface area contributed by atoms with E-state index < -0.39 is 0 Å². The van der Waals surface area contributed by atoms with Crippen LogP contribution in [0.1, 0.15) is 0 Å². The summed E-state index contributed by atoms with van der Waals surface area (Å²) >= 11 is 1.89. The molecule has 5 heteroatoms. The molecule has 11 aromatic carbocycles. The van der Waals surface area contributed by atoms with Gasteiger partial charge in [0.05, 0.1) is 5.69 Å². The van der Waals surface area contributed by atoms with Crippen LogP contribution in [0.4, 0.5) is 45.5 Å². The molecule has 0 N–H and O–H groups in total. The number of anilines is 8. The van der Waals surface area contributed by atoms with E-state index >= 15 is 0 Å². The highest BCUT2D eigenvalue weighted by Gasteiger charge is 2.46. The highest BCUT2D eigenvalue weighted by molar-refractivity contribution is 7.26. The standard InChI is InChI=1S/C66H44BN3S/c1-6-20-45(21-7-1)48-26-18-32-53(40-48)69-61-42-50(47-24-10-3-11-25-47)36-39-59(61)67-65-58(44-63-64(66(65)69)57-34-16-17-35-62(57)71-63)56-38-37-54(68(51-28-12-4-13-29-51)52-30-14-5-15-31-52)43-60(56)70(67)55-33-19-27-49(41-55)46-22-8-2-9-23-46/h1-44H. The number of nitrogens with zero attached hydrogens (tertiary/aromatic N) is 3. The van der Waals surface area contributed by atoms with Gasteiger partial charge in [0.1, 0.15) is 0 Å². The van der Waals surface area contributed by atoms with Crippen LogP contribution in [0.15, 0.2) is 267 Å². The SMILES string of the molecule is c1ccc(-c2cccc(N3B4c5ccc(-c6ccccc6)cc5N(c5cccc(-c6ccccc6)c5)c5c4c(cc4sc6ccccc6c54)-c4ccc(N(c5ccccc5)c5ccccc5)cc43)c2)cc1. The number of para-hydroxylation sites is 2. The Balaban J connectivity index is 1.11. The third kappa shape index (κ3) is 6.88. The number of hydrogen-bond donors (Lipinski definition) is 0. The molecule has 2 aliphatic rings. The molecule has 3 nitrogen and oxygen atoms in total. The first-order chi connectivity index (χ1) is 35.2. The van der Waals surface area contributed by atoms with Crippen molar-refractivity contribution in [2.24, 2.45) is 0 Å². The molecule has 0 atom stereocenters. The number of rotatable bonds is 8. The maximum atomic E-state index is 2.66. The summed E-state index contributed by atoms with van der Waals surface area (Å²) in [5.74, 6) is 0. The van der Waals surface area contributed by atoms with E-state index in [1.807, 2.05) is 11.3 Å². The lowest BCUT2D eigenvalue weighted by atomic mass is 9.43. The van der Waals surface area contributed by atoms with Crippen LogP contribution in [-0.4, -0.2) is 6.85 Å². The van der Waals surface area contributed by atoms with Gasteiger partial charge < -0.3 is 14.6 Å². The second-order valence-corrected chi connectivity index (χ2v) is 19.5. The molecule has 332 valence electrons. The number of thiophene rings is 1. The van der Waals surface area contributed by atoms with Crippen molar-refractivity contribution in [2.75, 3.05) is 14.6 Å². The van der Waals surface area contributed by atoms with Crippen LogP contribution in [0.5, 0.6) is 0 Å². The fourth-order valence-corrected chi connectivity index (χ4v) is 12.4. The molecule has 14 rings (SSSR count). The normalized spacial score (nSPS) is 12.4.